The second-order valence-corrected chi connectivity index (χ2v) is 14.4. The normalized spacial score (nSPS) is 52.9. The summed E-state index contributed by atoms with van der Waals surface area (Å²) in [4.78, 5) is 0. The van der Waals surface area contributed by atoms with Gasteiger partial charge < -0.3 is 5.11 Å². The molecule has 0 aromatic rings. The minimum absolute atomic E-state index is 0.0840. The van der Waals surface area contributed by atoms with Crippen LogP contribution < -0.4 is 0 Å². The monoisotopic (exact) mass is 426 g/mol. The van der Waals surface area contributed by atoms with Gasteiger partial charge in [0.2, 0.25) is 0 Å². The lowest BCUT2D eigenvalue weighted by molar-refractivity contribution is -0.161. The van der Waals surface area contributed by atoms with Crippen LogP contribution in [0.1, 0.15) is 119 Å². The molecule has 0 amide bonds. The van der Waals surface area contributed by atoms with Gasteiger partial charge in [-0.15, -0.1) is 0 Å². The highest BCUT2D eigenvalue weighted by Crippen LogP contribution is 2.89. The summed E-state index contributed by atoms with van der Waals surface area (Å²) >= 11 is 0. The summed E-state index contributed by atoms with van der Waals surface area (Å²) in [5.41, 5.74) is 3.87. The van der Waals surface area contributed by atoms with Crippen molar-refractivity contribution in [2.24, 2.45) is 50.7 Å². The molecule has 5 saturated carbocycles. The Bertz CT molecular complexity index is 760. The molecule has 5 fully saturated rings. The van der Waals surface area contributed by atoms with Crippen molar-refractivity contribution >= 4 is 0 Å². The SMILES string of the molecule is CC(C)=CCCC(C)[C@H]1CC[C@@]2(C)C3CCC4C(C)(C)[C@@H](O)CC[C@@]45C[C@@]35CC[C@]12C. The van der Waals surface area contributed by atoms with Gasteiger partial charge in [0.1, 0.15) is 0 Å². The Morgan fingerprint density at radius 1 is 0.871 bits per heavy atom. The fourth-order valence-corrected chi connectivity index (χ4v) is 11.1. The first-order chi connectivity index (χ1) is 14.4. The average Bonchev–Trinajstić information content (AvgIpc) is 3.27. The molecule has 5 aliphatic carbocycles. The fourth-order valence-electron chi connectivity index (χ4n) is 11.1. The van der Waals surface area contributed by atoms with Gasteiger partial charge in [0.25, 0.3) is 0 Å². The topological polar surface area (TPSA) is 20.2 Å². The van der Waals surface area contributed by atoms with Crippen LogP contribution in [-0.2, 0) is 0 Å². The van der Waals surface area contributed by atoms with Gasteiger partial charge in [-0.1, -0.05) is 46.3 Å². The van der Waals surface area contributed by atoms with Crippen molar-refractivity contribution in [3.05, 3.63) is 11.6 Å². The first-order valence-corrected chi connectivity index (χ1v) is 13.8. The number of fused-ring (bicyclic) bond motifs is 2. The van der Waals surface area contributed by atoms with Crippen LogP contribution in [0.2, 0.25) is 0 Å². The van der Waals surface area contributed by atoms with Crippen molar-refractivity contribution < 1.29 is 5.11 Å². The molecule has 5 rings (SSSR count). The second kappa shape index (κ2) is 6.86. The summed E-state index contributed by atoms with van der Waals surface area (Å²) in [7, 11) is 0. The predicted molar refractivity (Wildman–Crippen MR) is 131 cm³/mol. The van der Waals surface area contributed by atoms with Crippen LogP contribution in [0.3, 0.4) is 0 Å². The van der Waals surface area contributed by atoms with Crippen LogP contribution >= 0.6 is 0 Å². The Morgan fingerprint density at radius 2 is 1.55 bits per heavy atom. The number of aliphatic hydroxyl groups excluding tert-OH is 1. The molecule has 0 heterocycles. The first kappa shape index (κ1) is 22.5. The van der Waals surface area contributed by atoms with Crippen molar-refractivity contribution in [2.75, 3.05) is 0 Å². The van der Waals surface area contributed by atoms with E-state index in [4.69, 9.17) is 0 Å². The van der Waals surface area contributed by atoms with Gasteiger partial charge in [0, 0.05) is 0 Å². The summed E-state index contributed by atoms with van der Waals surface area (Å²) < 4.78 is 0. The second-order valence-electron chi connectivity index (χ2n) is 14.4. The molecule has 3 unspecified atom stereocenters. The van der Waals surface area contributed by atoms with Crippen molar-refractivity contribution in [3.63, 3.8) is 0 Å². The molecule has 2 spiro atoms. The van der Waals surface area contributed by atoms with Gasteiger partial charge in [0.05, 0.1) is 6.10 Å². The predicted octanol–water partition coefficient (Wildman–Crippen LogP) is 8.17. The standard InChI is InChI=1S/C30H50O/c1-20(2)9-8-10-21(3)22-13-15-28(7)24-12-11-23-26(4,5)25(31)14-16-29(23)19-30(24,29)18-17-27(22,28)6/h9,21-25,31H,8,10-19H2,1-7H3/t21?,22-,23?,24?,25+,27-,28+,29-,30+/m1/s1. The van der Waals surface area contributed by atoms with Gasteiger partial charge in [-0.05, 0) is 135 Å². The zero-order valence-electron chi connectivity index (χ0n) is 21.7. The van der Waals surface area contributed by atoms with E-state index in [0.717, 1.165) is 30.1 Å². The maximum atomic E-state index is 10.8. The molecule has 176 valence electrons. The first-order valence-electron chi connectivity index (χ1n) is 13.8. The molecule has 1 nitrogen and oxygen atoms in total. The van der Waals surface area contributed by atoms with Crippen molar-refractivity contribution in [1.82, 2.24) is 0 Å². The van der Waals surface area contributed by atoms with Crippen LogP contribution in [0, 0.1) is 50.7 Å². The number of hydrogen-bond donors (Lipinski definition) is 1. The number of allylic oxidation sites excluding steroid dienone is 2. The minimum atomic E-state index is -0.0840. The Labute approximate surface area is 192 Å². The minimum Gasteiger partial charge on any atom is -0.393 e. The highest BCUT2D eigenvalue weighted by atomic mass is 16.3. The van der Waals surface area contributed by atoms with Crippen molar-refractivity contribution in [2.45, 2.75) is 125 Å². The third-order valence-corrected chi connectivity index (χ3v) is 13.0. The van der Waals surface area contributed by atoms with E-state index in [9.17, 15) is 5.11 Å². The lowest BCUT2D eigenvalue weighted by atomic mass is 9.41. The molecule has 1 heteroatoms. The average molecular weight is 427 g/mol. The number of hydrogen-bond acceptors (Lipinski definition) is 1. The highest BCUT2D eigenvalue weighted by Gasteiger charge is 2.82. The van der Waals surface area contributed by atoms with Crippen LogP contribution in [0.25, 0.3) is 0 Å². The van der Waals surface area contributed by atoms with Gasteiger partial charge >= 0.3 is 0 Å². The zero-order chi connectivity index (χ0) is 22.4. The smallest absolute Gasteiger partial charge is 0.0594 e. The Hall–Kier alpha value is -0.300. The van der Waals surface area contributed by atoms with E-state index < -0.39 is 0 Å². The van der Waals surface area contributed by atoms with E-state index in [0.29, 0.717) is 21.7 Å². The number of rotatable bonds is 4. The molecule has 9 atom stereocenters. The van der Waals surface area contributed by atoms with E-state index in [1.165, 1.54) is 69.8 Å². The lowest BCUT2D eigenvalue weighted by Crippen LogP contribution is -2.57. The van der Waals surface area contributed by atoms with Crippen LogP contribution in [0.4, 0.5) is 0 Å². The third-order valence-electron chi connectivity index (χ3n) is 13.0. The Kier molecular flexibility index (Phi) is 4.98. The molecule has 0 aliphatic heterocycles. The summed E-state index contributed by atoms with van der Waals surface area (Å²) in [5, 5.41) is 10.8. The molecule has 0 radical (unpaired) electrons. The molecule has 5 aliphatic rings. The largest absolute Gasteiger partial charge is 0.393 e. The van der Waals surface area contributed by atoms with E-state index in [1.807, 2.05) is 0 Å². The van der Waals surface area contributed by atoms with Gasteiger partial charge in [0.15, 0.2) is 0 Å². The quantitative estimate of drug-likeness (QED) is 0.449. The van der Waals surface area contributed by atoms with Crippen LogP contribution in [0.5, 0.6) is 0 Å². The molecule has 0 aromatic heterocycles. The summed E-state index contributed by atoms with van der Waals surface area (Å²) in [6.45, 7) is 17.3. The van der Waals surface area contributed by atoms with Gasteiger partial charge in [-0.3, -0.25) is 0 Å². The molecule has 0 aromatic carbocycles. The summed E-state index contributed by atoms with van der Waals surface area (Å²) in [6.07, 6.45) is 17.6. The maximum absolute atomic E-state index is 10.8. The highest BCUT2D eigenvalue weighted by molar-refractivity contribution is 5.30. The van der Waals surface area contributed by atoms with Crippen molar-refractivity contribution in [3.8, 4) is 0 Å². The van der Waals surface area contributed by atoms with Gasteiger partial charge in [-0.2, -0.15) is 0 Å². The molecular weight excluding hydrogens is 376 g/mol. The molecule has 1 N–H and O–H groups in total. The van der Waals surface area contributed by atoms with E-state index in [1.54, 1.807) is 0 Å². The van der Waals surface area contributed by atoms with E-state index >= 15 is 0 Å². The maximum Gasteiger partial charge on any atom is 0.0594 e. The summed E-state index contributed by atoms with van der Waals surface area (Å²) in [6, 6.07) is 0. The molecule has 0 bridgehead atoms. The molecule has 0 saturated heterocycles. The van der Waals surface area contributed by atoms with E-state index in [-0.39, 0.29) is 11.5 Å². The molecular formula is C30H50O. The number of aliphatic hydroxyl groups is 1. The third kappa shape index (κ3) is 2.71. The van der Waals surface area contributed by atoms with Gasteiger partial charge in [-0.25, -0.2) is 0 Å². The van der Waals surface area contributed by atoms with Crippen molar-refractivity contribution in [1.29, 1.82) is 0 Å². The fraction of sp³-hybridized carbons (Fsp3) is 0.933. The van der Waals surface area contributed by atoms with Crippen LogP contribution in [0.15, 0.2) is 11.6 Å². The zero-order valence-corrected chi connectivity index (χ0v) is 21.7. The summed E-state index contributed by atoms with van der Waals surface area (Å²) in [5.74, 6) is 3.46. The Balaban J connectivity index is 1.41. The molecule has 31 heavy (non-hydrogen) atoms. The lowest BCUT2D eigenvalue weighted by Gasteiger charge is -2.63. The van der Waals surface area contributed by atoms with Crippen LogP contribution in [-0.4, -0.2) is 11.2 Å². The van der Waals surface area contributed by atoms with E-state index in [2.05, 4.69) is 54.5 Å². The Morgan fingerprint density at radius 3 is 2.26 bits per heavy atom.